The molecular formula is C12H14NO. The van der Waals surface area contributed by atoms with Crippen molar-refractivity contribution in [1.82, 2.24) is 4.90 Å². The van der Waals surface area contributed by atoms with Crippen LogP contribution in [0.15, 0.2) is 24.3 Å². The molecule has 14 heavy (non-hydrogen) atoms. The molecule has 0 spiro atoms. The van der Waals surface area contributed by atoms with Gasteiger partial charge in [0.2, 0.25) is 6.41 Å². The average Bonchev–Trinajstić information content (AvgIpc) is 2.66. The van der Waals surface area contributed by atoms with Crippen molar-refractivity contribution in [2.24, 2.45) is 0 Å². The summed E-state index contributed by atoms with van der Waals surface area (Å²) >= 11 is 0. The lowest BCUT2D eigenvalue weighted by atomic mass is 10.00. The van der Waals surface area contributed by atoms with Crippen LogP contribution in [0.25, 0.3) is 0 Å². The van der Waals surface area contributed by atoms with Gasteiger partial charge in [0.1, 0.15) is 0 Å². The Morgan fingerprint density at radius 3 is 2.93 bits per heavy atom. The van der Waals surface area contributed by atoms with Gasteiger partial charge in [-0.2, -0.15) is 0 Å². The molecule has 1 saturated heterocycles. The van der Waals surface area contributed by atoms with Crippen molar-refractivity contribution in [2.75, 3.05) is 6.54 Å². The van der Waals surface area contributed by atoms with E-state index in [1.807, 2.05) is 23.1 Å². The van der Waals surface area contributed by atoms with Gasteiger partial charge in [0.15, 0.2) is 0 Å². The summed E-state index contributed by atoms with van der Waals surface area (Å²) in [6, 6.07) is 8.30. The Hall–Kier alpha value is -1.31. The Morgan fingerprint density at radius 1 is 1.43 bits per heavy atom. The monoisotopic (exact) mass is 188 g/mol. The summed E-state index contributed by atoms with van der Waals surface area (Å²) in [5.74, 6) is 0. The normalized spacial score (nSPS) is 21.2. The SMILES string of the molecule is [CH2]c1ccccc1C1CCCN1C=O. The highest BCUT2D eigenvalue weighted by atomic mass is 16.1. The second-order valence-corrected chi connectivity index (χ2v) is 3.70. The summed E-state index contributed by atoms with van der Waals surface area (Å²) in [4.78, 5) is 12.7. The highest BCUT2D eigenvalue weighted by Gasteiger charge is 2.25. The van der Waals surface area contributed by atoms with Crippen LogP contribution < -0.4 is 0 Å². The Balaban J connectivity index is 2.30. The Kier molecular flexibility index (Phi) is 2.53. The van der Waals surface area contributed by atoms with Gasteiger partial charge in [-0.1, -0.05) is 24.3 Å². The predicted molar refractivity (Wildman–Crippen MR) is 55.6 cm³/mol. The number of rotatable bonds is 2. The van der Waals surface area contributed by atoms with Crippen molar-refractivity contribution in [1.29, 1.82) is 0 Å². The third-order valence-electron chi connectivity index (χ3n) is 2.84. The van der Waals surface area contributed by atoms with E-state index < -0.39 is 0 Å². The summed E-state index contributed by atoms with van der Waals surface area (Å²) in [7, 11) is 0. The topological polar surface area (TPSA) is 20.3 Å². The molecule has 1 aliphatic rings. The van der Waals surface area contributed by atoms with Gasteiger partial charge in [0, 0.05) is 6.54 Å². The zero-order valence-corrected chi connectivity index (χ0v) is 8.15. The Labute approximate surface area is 84.5 Å². The molecule has 0 aromatic heterocycles. The van der Waals surface area contributed by atoms with E-state index >= 15 is 0 Å². The largest absolute Gasteiger partial charge is 0.338 e. The second-order valence-electron chi connectivity index (χ2n) is 3.70. The first-order chi connectivity index (χ1) is 6.83. The molecule has 2 nitrogen and oxygen atoms in total. The number of hydrogen-bond acceptors (Lipinski definition) is 1. The molecule has 1 aromatic rings. The molecule has 0 aliphatic carbocycles. The fraction of sp³-hybridized carbons (Fsp3) is 0.333. The fourth-order valence-electron chi connectivity index (χ4n) is 2.11. The van der Waals surface area contributed by atoms with Gasteiger partial charge in [-0.05, 0) is 30.9 Å². The molecule has 1 amide bonds. The number of carbonyl (C=O) groups is 1. The predicted octanol–water partition coefficient (Wildman–Crippen LogP) is 2.16. The third kappa shape index (κ3) is 1.52. The first-order valence-electron chi connectivity index (χ1n) is 4.95. The number of amides is 1. The maximum absolute atomic E-state index is 10.8. The lowest BCUT2D eigenvalue weighted by Crippen LogP contribution is -2.21. The molecule has 1 aromatic carbocycles. The van der Waals surface area contributed by atoms with Crippen LogP contribution in [-0.4, -0.2) is 17.9 Å². The molecule has 1 atom stereocenters. The van der Waals surface area contributed by atoms with Crippen LogP contribution in [0.1, 0.15) is 30.0 Å². The Morgan fingerprint density at radius 2 is 2.21 bits per heavy atom. The lowest BCUT2D eigenvalue weighted by molar-refractivity contribution is -0.118. The van der Waals surface area contributed by atoms with Crippen molar-refractivity contribution in [2.45, 2.75) is 18.9 Å². The minimum Gasteiger partial charge on any atom is -0.338 e. The molecule has 0 N–H and O–H groups in total. The van der Waals surface area contributed by atoms with Gasteiger partial charge < -0.3 is 4.90 Å². The molecule has 73 valence electrons. The van der Waals surface area contributed by atoms with Gasteiger partial charge >= 0.3 is 0 Å². The standard InChI is InChI=1S/C12H14NO/c1-10-5-2-3-6-11(10)12-7-4-8-13(12)9-14/h2-3,5-6,9,12H,1,4,7-8H2. The van der Waals surface area contributed by atoms with Gasteiger partial charge in [-0.25, -0.2) is 0 Å². The lowest BCUT2D eigenvalue weighted by Gasteiger charge is -2.21. The smallest absolute Gasteiger partial charge is 0.210 e. The van der Waals surface area contributed by atoms with Crippen molar-refractivity contribution < 1.29 is 4.79 Å². The first kappa shape index (κ1) is 9.25. The molecule has 1 fully saturated rings. The van der Waals surface area contributed by atoms with E-state index in [1.165, 1.54) is 5.56 Å². The third-order valence-corrected chi connectivity index (χ3v) is 2.84. The zero-order valence-electron chi connectivity index (χ0n) is 8.15. The number of benzene rings is 1. The summed E-state index contributed by atoms with van der Waals surface area (Å²) in [6.07, 6.45) is 3.10. The van der Waals surface area contributed by atoms with Crippen molar-refractivity contribution in [3.63, 3.8) is 0 Å². The van der Waals surface area contributed by atoms with Gasteiger partial charge in [0.05, 0.1) is 6.04 Å². The summed E-state index contributed by atoms with van der Waals surface area (Å²) in [5.41, 5.74) is 2.23. The van der Waals surface area contributed by atoms with Gasteiger partial charge in [-0.15, -0.1) is 0 Å². The molecular weight excluding hydrogens is 174 g/mol. The van der Waals surface area contributed by atoms with Crippen LogP contribution in [-0.2, 0) is 4.79 Å². The summed E-state index contributed by atoms with van der Waals surface area (Å²) in [6.45, 7) is 4.87. The van der Waals surface area contributed by atoms with Crippen molar-refractivity contribution >= 4 is 6.41 Å². The van der Waals surface area contributed by atoms with Crippen molar-refractivity contribution in [3.05, 3.63) is 42.3 Å². The molecule has 2 rings (SSSR count). The Bertz CT molecular complexity index is 335. The molecule has 1 unspecified atom stereocenters. The quantitative estimate of drug-likeness (QED) is 0.651. The highest BCUT2D eigenvalue weighted by Crippen LogP contribution is 2.31. The average molecular weight is 188 g/mol. The van der Waals surface area contributed by atoms with E-state index in [2.05, 4.69) is 13.0 Å². The first-order valence-corrected chi connectivity index (χ1v) is 4.95. The number of nitrogens with zero attached hydrogens (tertiary/aromatic N) is 1. The van der Waals surface area contributed by atoms with E-state index in [4.69, 9.17) is 0 Å². The number of carbonyl (C=O) groups excluding carboxylic acids is 1. The molecule has 1 radical (unpaired) electrons. The molecule has 1 aliphatic heterocycles. The van der Waals surface area contributed by atoms with Crippen LogP contribution in [0.2, 0.25) is 0 Å². The number of hydrogen-bond donors (Lipinski definition) is 0. The van der Waals surface area contributed by atoms with E-state index in [-0.39, 0.29) is 6.04 Å². The van der Waals surface area contributed by atoms with E-state index in [9.17, 15) is 4.79 Å². The van der Waals surface area contributed by atoms with E-state index in [1.54, 1.807) is 0 Å². The molecule has 0 saturated carbocycles. The van der Waals surface area contributed by atoms with Crippen LogP contribution in [0, 0.1) is 6.92 Å². The number of likely N-dealkylation sites (tertiary alicyclic amines) is 1. The van der Waals surface area contributed by atoms with E-state index in [0.717, 1.165) is 31.4 Å². The van der Waals surface area contributed by atoms with Crippen molar-refractivity contribution in [3.8, 4) is 0 Å². The molecule has 1 heterocycles. The summed E-state index contributed by atoms with van der Waals surface area (Å²) in [5, 5.41) is 0. The fourth-order valence-corrected chi connectivity index (χ4v) is 2.11. The van der Waals surface area contributed by atoms with Crippen LogP contribution in [0.4, 0.5) is 0 Å². The van der Waals surface area contributed by atoms with Crippen LogP contribution in [0.3, 0.4) is 0 Å². The second kappa shape index (κ2) is 3.82. The highest BCUT2D eigenvalue weighted by molar-refractivity contribution is 5.50. The van der Waals surface area contributed by atoms with Crippen LogP contribution in [0.5, 0.6) is 0 Å². The van der Waals surface area contributed by atoms with Crippen LogP contribution >= 0.6 is 0 Å². The summed E-state index contributed by atoms with van der Waals surface area (Å²) < 4.78 is 0. The zero-order chi connectivity index (χ0) is 9.97. The van der Waals surface area contributed by atoms with Gasteiger partial charge in [0.25, 0.3) is 0 Å². The van der Waals surface area contributed by atoms with E-state index in [0.29, 0.717) is 0 Å². The van der Waals surface area contributed by atoms with Gasteiger partial charge in [-0.3, -0.25) is 4.79 Å². The maximum Gasteiger partial charge on any atom is 0.210 e. The molecule has 2 heteroatoms. The minimum atomic E-state index is 0.251. The minimum absolute atomic E-state index is 0.251. The maximum atomic E-state index is 10.8. The molecule has 0 bridgehead atoms.